The SMILES string of the molecule is CCC1C=CC(=O)OC1/C=C/C(O)(CCN(C)C)C(CC(O)/C=C\C=C/C1CCCC(O)C1)OP(=O)(O)O. The van der Waals surface area contributed by atoms with Crippen LogP contribution in [0.1, 0.15) is 51.9 Å². The first kappa shape index (κ1) is 32.6. The van der Waals surface area contributed by atoms with Crippen LogP contribution in [0.15, 0.2) is 48.6 Å². The number of ether oxygens (including phenoxy) is 1. The number of aliphatic hydroxyl groups is 3. The molecular formula is C27H44NO9P. The standard InChI is InChI=1S/C27H44NO9P/c1-4-21-12-13-26(31)36-24(21)14-15-27(32,16-17-28(2)3)25(37-38(33,34)35)19-23(30)10-6-5-8-20-9-7-11-22(29)18-20/h5-6,8,10,12-15,20-25,29-30,32H,4,7,9,11,16-19H2,1-3H3,(H2,33,34,35)/b8-5-,10-6-,15-14+. The van der Waals surface area contributed by atoms with Crippen molar-refractivity contribution in [2.24, 2.45) is 11.8 Å². The van der Waals surface area contributed by atoms with Gasteiger partial charge in [0.15, 0.2) is 0 Å². The fourth-order valence-electron chi connectivity index (χ4n) is 4.73. The predicted molar refractivity (Wildman–Crippen MR) is 144 cm³/mol. The highest BCUT2D eigenvalue weighted by Crippen LogP contribution is 2.42. The van der Waals surface area contributed by atoms with Crippen LogP contribution in [0.25, 0.3) is 0 Å². The van der Waals surface area contributed by atoms with E-state index >= 15 is 0 Å². The van der Waals surface area contributed by atoms with Crippen molar-refractivity contribution in [1.82, 2.24) is 4.90 Å². The van der Waals surface area contributed by atoms with Crippen LogP contribution in [0.5, 0.6) is 0 Å². The number of carbonyl (C=O) groups excluding carboxylic acids is 1. The van der Waals surface area contributed by atoms with E-state index in [1.165, 1.54) is 24.3 Å². The molecule has 0 spiro atoms. The molecule has 1 saturated carbocycles. The van der Waals surface area contributed by atoms with Crippen LogP contribution < -0.4 is 0 Å². The molecule has 1 aliphatic carbocycles. The summed E-state index contributed by atoms with van der Waals surface area (Å²) in [5, 5.41) is 32.1. The summed E-state index contributed by atoms with van der Waals surface area (Å²) in [6.07, 6.45) is 13.1. The van der Waals surface area contributed by atoms with E-state index in [0.29, 0.717) is 19.4 Å². The van der Waals surface area contributed by atoms with E-state index in [0.717, 1.165) is 19.3 Å². The average Bonchev–Trinajstić information content (AvgIpc) is 2.83. The molecule has 0 aromatic heterocycles. The number of cyclic esters (lactones) is 1. The molecule has 0 aromatic rings. The van der Waals surface area contributed by atoms with Crippen molar-refractivity contribution < 1.29 is 43.7 Å². The first-order chi connectivity index (χ1) is 17.8. The Kier molecular flexibility index (Phi) is 13.1. The Bertz CT molecular complexity index is 912. The molecule has 1 fully saturated rings. The van der Waals surface area contributed by atoms with Gasteiger partial charge in [-0.25, -0.2) is 9.36 Å². The van der Waals surface area contributed by atoms with E-state index in [4.69, 9.17) is 9.26 Å². The van der Waals surface area contributed by atoms with Crippen molar-refractivity contribution in [2.45, 2.75) is 81.9 Å². The number of esters is 1. The number of nitrogens with zero attached hydrogens (tertiary/aromatic N) is 1. The highest BCUT2D eigenvalue weighted by Gasteiger charge is 2.41. The maximum atomic E-state index is 11.8. The van der Waals surface area contributed by atoms with Crippen LogP contribution in [-0.2, 0) is 18.6 Å². The highest BCUT2D eigenvalue weighted by molar-refractivity contribution is 7.46. The highest BCUT2D eigenvalue weighted by atomic mass is 31.2. The van der Waals surface area contributed by atoms with E-state index in [9.17, 15) is 34.5 Å². The average molecular weight is 558 g/mol. The lowest BCUT2D eigenvalue weighted by Crippen LogP contribution is -2.46. The minimum Gasteiger partial charge on any atom is -0.454 e. The van der Waals surface area contributed by atoms with Crippen LogP contribution in [0.2, 0.25) is 0 Å². The van der Waals surface area contributed by atoms with Gasteiger partial charge < -0.3 is 34.7 Å². The van der Waals surface area contributed by atoms with Crippen molar-refractivity contribution in [1.29, 1.82) is 0 Å². The minimum atomic E-state index is -5.04. The van der Waals surface area contributed by atoms with Crippen molar-refractivity contribution in [2.75, 3.05) is 20.6 Å². The molecule has 10 nitrogen and oxygen atoms in total. The van der Waals surface area contributed by atoms with E-state index in [1.54, 1.807) is 37.2 Å². The van der Waals surface area contributed by atoms with Crippen LogP contribution in [0, 0.1) is 11.8 Å². The number of hydrogen-bond acceptors (Lipinski definition) is 8. The lowest BCUT2D eigenvalue weighted by molar-refractivity contribution is -0.143. The predicted octanol–water partition coefficient (Wildman–Crippen LogP) is 2.63. The molecule has 0 saturated heterocycles. The fourth-order valence-corrected chi connectivity index (χ4v) is 5.33. The topological polar surface area (TPSA) is 157 Å². The zero-order valence-electron chi connectivity index (χ0n) is 22.5. The van der Waals surface area contributed by atoms with Crippen LogP contribution in [0.4, 0.5) is 0 Å². The Labute approximate surface area is 225 Å². The summed E-state index contributed by atoms with van der Waals surface area (Å²) in [6, 6.07) is 0. The van der Waals surface area contributed by atoms with E-state index < -0.39 is 37.7 Å². The molecule has 7 atom stereocenters. The van der Waals surface area contributed by atoms with E-state index in [-0.39, 0.29) is 30.8 Å². The Hall–Kier alpha value is -1.62. The zero-order valence-corrected chi connectivity index (χ0v) is 23.4. The van der Waals surface area contributed by atoms with Gasteiger partial charge >= 0.3 is 13.8 Å². The van der Waals surface area contributed by atoms with Gasteiger partial charge in [0.2, 0.25) is 0 Å². The van der Waals surface area contributed by atoms with Gasteiger partial charge in [-0.1, -0.05) is 49.8 Å². The number of hydrogen-bond donors (Lipinski definition) is 5. The van der Waals surface area contributed by atoms with Gasteiger partial charge in [0.1, 0.15) is 17.8 Å². The van der Waals surface area contributed by atoms with Crippen molar-refractivity contribution in [3.05, 3.63) is 48.6 Å². The Morgan fingerprint density at radius 1 is 1.26 bits per heavy atom. The molecule has 2 aliphatic rings. The Morgan fingerprint density at radius 2 is 2.00 bits per heavy atom. The summed E-state index contributed by atoms with van der Waals surface area (Å²) in [7, 11) is -1.46. The molecule has 5 N–H and O–H groups in total. The van der Waals surface area contributed by atoms with Gasteiger partial charge in [0.25, 0.3) is 0 Å². The molecule has 38 heavy (non-hydrogen) atoms. The largest absolute Gasteiger partial charge is 0.469 e. The molecule has 0 bridgehead atoms. The van der Waals surface area contributed by atoms with E-state index in [2.05, 4.69) is 0 Å². The summed E-state index contributed by atoms with van der Waals surface area (Å²) in [6.45, 7) is 2.28. The van der Waals surface area contributed by atoms with Crippen molar-refractivity contribution in [3.8, 4) is 0 Å². The maximum Gasteiger partial charge on any atom is 0.469 e. The summed E-state index contributed by atoms with van der Waals surface area (Å²) < 4.78 is 22.2. The molecular weight excluding hydrogens is 513 g/mol. The second-order valence-corrected chi connectivity index (χ2v) is 11.7. The first-order valence-corrected chi connectivity index (χ1v) is 14.7. The number of rotatable bonds is 14. The third kappa shape index (κ3) is 11.6. The number of aliphatic hydroxyl groups excluding tert-OH is 2. The molecule has 216 valence electrons. The van der Waals surface area contributed by atoms with Gasteiger partial charge in [0, 0.05) is 25.0 Å². The van der Waals surface area contributed by atoms with Gasteiger partial charge in [-0.2, -0.15) is 0 Å². The normalized spacial score (nSPS) is 28.3. The van der Waals surface area contributed by atoms with E-state index in [1.807, 2.05) is 13.0 Å². The summed E-state index contributed by atoms with van der Waals surface area (Å²) in [5.41, 5.74) is -1.89. The van der Waals surface area contributed by atoms with Crippen LogP contribution in [0.3, 0.4) is 0 Å². The molecule has 1 aliphatic heterocycles. The Morgan fingerprint density at radius 3 is 2.63 bits per heavy atom. The number of phosphoric ester groups is 1. The van der Waals surface area contributed by atoms with Gasteiger partial charge in [-0.15, -0.1) is 0 Å². The quantitative estimate of drug-likeness (QED) is 0.0931. The molecule has 11 heteroatoms. The van der Waals surface area contributed by atoms with Gasteiger partial charge in [-0.05, 0) is 58.2 Å². The molecule has 2 rings (SSSR count). The maximum absolute atomic E-state index is 11.8. The molecule has 0 aromatic carbocycles. The molecule has 0 amide bonds. The fraction of sp³-hybridized carbons (Fsp3) is 0.667. The Balaban J connectivity index is 2.22. The van der Waals surface area contributed by atoms with Crippen LogP contribution in [-0.4, -0.2) is 86.6 Å². The summed E-state index contributed by atoms with van der Waals surface area (Å²) in [4.78, 5) is 32.8. The zero-order chi connectivity index (χ0) is 28.3. The smallest absolute Gasteiger partial charge is 0.454 e. The van der Waals surface area contributed by atoms with Gasteiger partial charge in [0.05, 0.1) is 12.2 Å². The van der Waals surface area contributed by atoms with Crippen LogP contribution >= 0.6 is 7.82 Å². The second kappa shape index (κ2) is 15.2. The number of phosphoric acid groups is 1. The summed E-state index contributed by atoms with van der Waals surface area (Å²) >= 11 is 0. The second-order valence-electron chi connectivity index (χ2n) is 10.5. The lowest BCUT2D eigenvalue weighted by atomic mass is 9.86. The minimum absolute atomic E-state index is 0.0365. The third-order valence-corrected chi connectivity index (χ3v) is 7.48. The monoisotopic (exact) mass is 557 g/mol. The lowest BCUT2D eigenvalue weighted by Gasteiger charge is -2.36. The van der Waals surface area contributed by atoms with Crippen molar-refractivity contribution in [3.63, 3.8) is 0 Å². The number of carbonyl (C=O) groups is 1. The first-order valence-electron chi connectivity index (χ1n) is 13.2. The third-order valence-electron chi connectivity index (χ3n) is 6.95. The molecule has 1 heterocycles. The van der Waals surface area contributed by atoms with Crippen molar-refractivity contribution >= 4 is 13.8 Å². The number of allylic oxidation sites excluding steroid dienone is 3. The molecule has 7 unspecified atom stereocenters. The summed E-state index contributed by atoms with van der Waals surface area (Å²) in [5.74, 6) is -0.377. The van der Waals surface area contributed by atoms with Gasteiger partial charge in [-0.3, -0.25) is 4.52 Å². The molecule has 0 radical (unpaired) electrons.